The van der Waals surface area contributed by atoms with Gasteiger partial charge in [0.2, 0.25) is 11.8 Å². The third-order valence-corrected chi connectivity index (χ3v) is 3.88. The van der Waals surface area contributed by atoms with E-state index in [1.54, 1.807) is 13.8 Å². The molecule has 4 N–H and O–H groups in total. The summed E-state index contributed by atoms with van der Waals surface area (Å²) in [5.41, 5.74) is 0.377. The van der Waals surface area contributed by atoms with Crippen molar-refractivity contribution in [3.05, 3.63) is 35.4 Å². The van der Waals surface area contributed by atoms with Crippen LogP contribution in [-0.4, -0.2) is 51.8 Å². The number of carboxylic acids is 2. The summed E-state index contributed by atoms with van der Waals surface area (Å²) in [6.45, 7) is 3.24. The first-order valence-corrected chi connectivity index (χ1v) is 8.48. The normalized spacial score (nSPS) is 13.5. The fourth-order valence-corrected chi connectivity index (χ4v) is 2.40. The SMILES string of the molecule is [2H]N(C(=O)Cc1cccc(C(=O)O)c1)[C@@H](CS)C(=O)N[C@H](C(=O)O)C(C)C. The predicted octanol–water partition coefficient (Wildman–Crippen LogP) is 0.567. The summed E-state index contributed by atoms with van der Waals surface area (Å²) in [5.74, 6) is -4.48. The second-order valence-electron chi connectivity index (χ2n) is 5.97. The molecule has 0 fully saturated rings. The van der Waals surface area contributed by atoms with Crippen molar-refractivity contribution >= 4 is 36.4 Å². The molecule has 0 aliphatic heterocycles. The van der Waals surface area contributed by atoms with E-state index in [1.807, 2.05) is 0 Å². The zero-order valence-electron chi connectivity index (χ0n) is 15.4. The third-order valence-electron chi connectivity index (χ3n) is 3.54. The minimum Gasteiger partial charge on any atom is -0.480 e. The molecule has 0 aliphatic rings. The van der Waals surface area contributed by atoms with E-state index in [9.17, 15) is 19.2 Å². The summed E-state index contributed by atoms with van der Waals surface area (Å²) in [4.78, 5) is 46.8. The molecule has 0 aliphatic carbocycles. The van der Waals surface area contributed by atoms with Crippen molar-refractivity contribution in [2.24, 2.45) is 5.92 Å². The molecule has 0 bridgehead atoms. The maximum Gasteiger partial charge on any atom is 0.335 e. The summed E-state index contributed by atoms with van der Waals surface area (Å²) in [6, 6.07) is 3.25. The van der Waals surface area contributed by atoms with E-state index in [0.717, 1.165) is 0 Å². The molecular weight excluding hydrogens is 360 g/mol. The van der Waals surface area contributed by atoms with Gasteiger partial charge in [0, 0.05) is 5.75 Å². The topological polar surface area (TPSA) is 133 Å². The Morgan fingerprint density at radius 2 is 1.88 bits per heavy atom. The van der Waals surface area contributed by atoms with Crippen LogP contribution in [0.2, 0.25) is 1.41 Å². The van der Waals surface area contributed by atoms with Gasteiger partial charge in [-0.1, -0.05) is 26.0 Å². The monoisotopic (exact) mass is 383 g/mol. The summed E-state index contributed by atoms with van der Waals surface area (Å²) in [7, 11) is 0. The number of carbonyl (C=O) groups is 4. The molecule has 1 aromatic carbocycles. The second kappa shape index (κ2) is 9.81. The minimum absolute atomic E-state index is 0.00144. The molecular formula is C17H22N2O6S. The van der Waals surface area contributed by atoms with Gasteiger partial charge < -0.3 is 20.8 Å². The molecule has 0 unspecified atom stereocenters. The van der Waals surface area contributed by atoms with E-state index in [1.165, 1.54) is 24.3 Å². The third kappa shape index (κ3) is 6.40. The Morgan fingerprint density at radius 1 is 1.23 bits per heavy atom. The first-order chi connectivity index (χ1) is 12.6. The number of aliphatic carboxylic acids is 1. The van der Waals surface area contributed by atoms with E-state index < -0.39 is 35.8 Å². The van der Waals surface area contributed by atoms with Gasteiger partial charge in [0.1, 0.15) is 12.1 Å². The fraction of sp³-hybridized carbons (Fsp3) is 0.412. The van der Waals surface area contributed by atoms with Gasteiger partial charge in [-0.3, -0.25) is 9.59 Å². The Labute approximate surface area is 157 Å². The number of carbonyl (C=O) groups excluding carboxylic acids is 2. The molecule has 2 atom stereocenters. The number of hydrogen-bond acceptors (Lipinski definition) is 5. The molecule has 9 heteroatoms. The van der Waals surface area contributed by atoms with Crippen molar-refractivity contribution in [3.8, 4) is 0 Å². The minimum atomic E-state index is -1.29. The average molecular weight is 383 g/mol. The highest BCUT2D eigenvalue weighted by Crippen LogP contribution is 2.07. The molecule has 0 heterocycles. The van der Waals surface area contributed by atoms with E-state index in [4.69, 9.17) is 11.6 Å². The first-order valence-electron chi connectivity index (χ1n) is 8.30. The highest BCUT2D eigenvalue weighted by molar-refractivity contribution is 7.80. The molecule has 26 heavy (non-hydrogen) atoms. The van der Waals surface area contributed by atoms with Gasteiger partial charge in [0.15, 0.2) is 1.41 Å². The number of rotatable bonds is 9. The highest BCUT2D eigenvalue weighted by atomic mass is 32.1. The van der Waals surface area contributed by atoms with Gasteiger partial charge in [0.25, 0.3) is 0 Å². The standard InChI is InChI=1S/C17H22N2O6S/c1-9(2)14(17(24)25)19-15(21)12(8-26)18-13(20)7-10-4-3-5-11(6-10)16(22)23/h3-6,9,12,14,26H,7-8H2,1-2H3,(H,18,20)(H,19,21)(H,22,23)(H,24,25)/t12-,14-/m0/s1/i/hD. The molecule has 142 valence electrons. The van der Waals surface area contributed by atoms with Crippen molar-refractivity contribution in [1.82, 2.24) is 10.6 Å². The number of aromatic carboxylic acids is 1. The summed E-state index contributed by atoms with van der Waals surface area (Å²) in [6.07, 6.45) is -0.283. The quantitative estimate of drug-likeness (QED) is 0.396. The largest absolute Gasteiger partial charge is 0.480 e. The number of nitrogens with one attached hydrogen (secondary N) is 2. The Hall–Kier alpha value is -2.55. The van der Waals surface area contributed by atoms with Crippen LogP contribution < -0.4 is 10.6 Å². The smallest absolute Gasteiger partial charge is 0.335 e. The van der Waals surface area contributed by atoms with Gasteiger partial charge in [-0.25, -0.2) is 9.59 Å². The summed E-state index contributed by atoms with van der Waals surface area (Å²) < 4.78 is 7.92. The molecule has 2 amide bonds. The molecule has 1 rings (SSSR count). The van der Waals surface area contributed by atoms with Crippen LogP contribution in [0.1, 0.15) is 29.8 Å². The van der Waals surface area contributed by atoms with Gasteiger partial charge >= 0.3 is 11.9 Å². The van der Waals surface area contributed by atoms with Gasteiger partial charge in [-0.05, 0) is 23.6 Å². The molecule has 8 nitrogen and oxygen atoms in total. The fourth-order valence-electron chi connectivity index (χ4n) is 2.15. The van der Waals surface area contributed by atoms with Crippen LogP contribution in [0, 0.1) is 5.92 Å². The Kier molecular flexibility index (Phi) is 7.46. The second-order valence-corrected chi connectivity index (χ2v) is 6.34. The van der Waals surface area contributed by atoms with Crippen LogP contribution in [0.4, 0.5) is 0 Å². The number of thiol groups is 1. The average Bonchev–Trinajstić information content (AvgIpc) is 2.59. The van der Waals surface area contributed by atoms with Crippen molar-refractivity contribution in [1.29, 1.82) is 0 Å². The van der Waals surface area contributed by atoms with Gasteiger partial charge in [0.05, 0.1) is 12.0 Å². The Morgan fingerprint density at radius 3 is 2.38 bits per heavy atom. The number of hydrogen-bond donors (Lipinski definition) is 5. The van der Waals surface area contributed by atoms with Crippen molar-refractivity contribution < 1.29 is 30.8 Å². The van der Waals surface area contributed by atoms with Crippen molar-refractivity contribution in [2.75, 3.05) is 5.75 Å². The lowest BCUT2D eigenvalue weighted by molar-refractivity contribution is -0.143. The van der Waals surface area contributed by atoms with E-state index in [0.29, 0.717) is 10.9 Å². The summed E-state index contributed by atoms with van der Waals surface area (Å²) >= 11 is 3.98. The van der Waals surface area contributed by atoms with Gasteiger partial charge in [-0.2, -0.15) is 12.6 Å². The molecule has 0 radical (unpaired) electrons. The lowest BCUT2D eigenvalue weighted by Gasteiger charge is -2.22. The molecule has 0 aromatic heterocycles. The van der Waals surface area contributed by atoms with Crippen LogP contribution in [0.3, 0.4) is 0 Å². The number of carboxylic acid groups (broad SMARTS) is 2. The lowest BCUT2D eigenvalue weighted by Crippen LogP contribution is -2.54. The van der Waals surface area contributed by atoms with Crippen LogP contribution >= 0.6 is 12.6 Å². The van der Waals surface area contributed by atoms with Crippen molar-refractivity contribution in [2.45, 2.75) is 32.4 Å². The van der Waals surface area contributed by atoms with Crippen LogP contribution in [0.5, 0.6) is 0 Å². The first kappa shape index (κ1) is 19.8. The number of benzene rings is 1. The highest BCUT2D eigenvalue weighted by Gasteiger charge is 2.27. The zero-order chi connectivity index (χ0) is 20.7. The zero-order valence-corrected chi connectivity index (χ0v) is 15.3. The predicted molar refractivity (Wildman–Crippen MR) is 97.3 cm³/mol. The maximum atomic E-state index is 12.3. The van der Waals surface area contributed by atoms with E-state index in [2.05, 4.69) is 17.9 Å². The molecule has 1 aromatic rings. The van der Waals surface area contributed by atoms with E-state index in [-0.39, 0.29) is 23.7 Å². The molecule has 0 saturated carbocycles. The molecule has 0 spiro atoms. The Bertz CT molecular complexity index is 727. The van der Waals surface area contributed by atoms with Crippen molar-refractivity contribution in [3.63, 3.8) is 0 Å². The van der Waals surface area contributed by atoms with E-state index >= 15 is 0 Å². The van der Waals surface area contributed by atoms with Gasteiger partial charge in [-0.15, -0.1) is 0 Å². The van der Waals surface area contributed by atoms with Crippen LogP contribution in [-0.2, 0) is 20.8 Å². The molecule has 0 saturated heterocycles. The lowest BCUT2D eigenvalue weighted by atomic mass is 10.0. The van der Waals surface area contributed by atoms with Crippen LogP contribution in [0.25, 0.3) is 0 Å². The Balaban J connectivity index is 2.87. The summed E-state index contributed by atoms with van der Waals surface area (Å²) in [5, 5.41) is 20.9. The maximum absolute atomic E-state index is 12.3. The number of amides is 2. The van der Waals surface area contributed by atoms with Crippen LogP contribution in [0.15, 0.2) is 24.3 Å².